The number of nitrogens with one attached hydrogen (secondary N) is 1. The highest BCUT2D eigenvalue weighted by Gasteiger charge is 2.20. The highest BCUT2D eigenvalue weighted by molar-refractivity contribution is 7.98. The molecule has 8 heteroatoms. The second-order valence-electron chi connectivity index (χ2n) is 5.22. The van der Waals surface area contributed by atoms with Crippen molar-refractivity contribution in [2.75, 3.05) is 13.7 Å². The highest BCUT2D eigenvalue weighted by Crippen LogP contribution is 2.31. The molecule has 0 fully saturated rings. The molecule has 3 aromatic rings. The Morgan fingerprint density at radius 1 is 1.23 bits per heavy atom. The molecule has 0 atom stereocenters. The van der Waals surface area contributed by atoms with E-state index in [0.29, 0.717) is 11.4 Å². The van der Waals surface area contributed by atoms with E-state index < -0.39 is 5.97 Å². The zero-order chi connectivity index (χ0) is 18.4. The SMILES string of the molecule is CCOC(=O)c1n[nH]nc1-c1ccc(OC)c(CSc2ccccn2)c1. The summed E-state index contributed by atoms with van der Waals surface area (Å²) in [5.74, 6) is 0.926. The molecule has 7 nitrogen and oxygen atoms in total. The summed E-state index contributed by atoms with van der Waals surface area (Å²) in [6.07, 6.45) is 1.76. The van der Waals surface area contributed by atoms with E-state index in [1.165, 1.54) is 0 Å². The number of rotatable bonds is 7. The lowest BCUT2D eigenvalue weighted by atomic mass is 10.1. The summed E-state index contributed by atoms with van der Waals surface area (Å²) < 4.78 is 10.5. The van der Waals surface area contributed by atoms with Gasteiger partial charge in [0.2, 0.25) is 0 Å². The lowest BCUT2D eigenvalue weighted by Crippen LogP contribution is -2.07. The van der Waals surface area contributed by atoms with Gasteiger partial charge in [-0.25, -0.2) is 9.78 Å². The van der Waals surface area contributed by atoms with Gasteiger partial charge in [0.05, 0.1) is 18.7 Å². The minimum atomic E-state index is -0.503. The number of pyridine rings is 1. The number of H-pyrrole nitrogens is 1. The zero-order valence-corrected chi connectivity index (χ0v) is 15.2. The van der Waals surface area contributed by atoms with Crippen LogP contribution in [0.1, 0.15) is 23.0 Å². The van der Waals surface area contributed by atoms with Crippen LogP contribution >= 0.6 is 11.8 Å². The fraction of sp³-hybridized carbons (Fsp3) is 0.222. The van der Waals surface area contributed by atoms with Gasteiger partial charge in [0.15, 0.2) is 5.69 Å². The smallest absolute Gasteiger partial charge is 0.361 e. The van der Waals surface area contributed by atoms with E-state index in [2.05, 4.69) is 20.4 Å². The quantitative estimate of drug-likeness (QED) is 0.504. The number of hydrogen-bond acceptors (Lipinski definition) is 7. The first-order valence-electron chi connectivity index (χ1n) is 8.02. The molecular formula is C18H18N4O3S. The number of nitrogens with zero attached hydrogens (tertiary/aromatic N) is 3. The van der Waals surface area contributed by atoms with Gasteiger partial charge in [-0.2, -0.15) is 10.3 Å². The molecule has 0 amide bonds. The second kappa shape index (κ2) is 8.48. The first-order chi connectivity index (χ1) is 12.7. The number of benzene rings is 1. The van der Waals surface area contributed by atoms with Gasteiger partial charge in [-0.15, -0.1) is 16.9 Å². The number of carbonyl (C=O) groups excluding carboxylic acids is 1. The van der Waals surface area contributed by atoms with Crippen molar-refractivity contribution in [2.24, 2.45) is 0 Å². The lowest BCUT2D eigenvalue weighted by molar-refractivity contribution is 0.0520. The number of hydrogen-bond donors (Lipinski definition) is 1. The van der Waals surface area contributed by atoms with Crippen molar-refractivity contribution in [3.63, 3.8) is 0 Å². The fourth-order valence-corrected chi connectivity index (χ4v) is 3.24. The van der Waals surface area contributed by atoms with Crippen LogP contribution in [0.15, 0.2) is 47.6 Å². The monoisotopic (exact) mass is 370 g/mol. The summed E-state index contributed by atoms with van der Waals surface area (Å²) in [7, 11) is 1.63. The molecule has 26 heavy (non-hydrogen) atoms. The van der Waals surface area contributed by atoms with Crippen LogP contribution in [-0.4, -0.2) is 40.1 Å². The van der Waals surface area contributed by atoms with E-state index in [1.54, 1.807) is 32.0 Å². The molecule has 0 bridgehead atoms. The predicted molar refractivity (Wildman–Crippen MR) is 98.1 cm³/mol. The number of esters is 1. The van der Waals surface area contributed by atoms with Crippen molar-refractivity contribution in [3.8, 4) is 17.0 Å². The molecule has 0 aliphatic carbocycles. The van der Waals surface area contributed by atoms with Crippen LogP contribution < -0.4 is 4.74 Å². The Bertz CT molecular complexity index is 883. The molecule has 3 rings (SSSR count). The number of ether oxygens (including phenoxy) is 2. The van der Waals surface area contributed by atoms with Crippen LogP contribution in [0.25, 0.3) is 11.3 Å². The minimum Gasteiger partial charge on any atom is -0.496 e. The summed E-state index contributed by atoms with van der Waals surface area (Å²) in [6, 6.07) is 11.4. The van der Waals surface area contributed by atoms with Gasteiger partial charge >= 0.3 is 5.97 Å². The van der Waals surface area contributed by atoms with Crippen LogP contribution in [0.5, 0.6) is 5.75 Å². The maximum absolute atomic E-state index is 12.0. The third-order valence-corrected chi connectivity index (χ3v) is 4.58. The molecule has 0 saturated heterocycles. The molecule has 1 N–H and O–H groups in total. The van der Waals surface area contributed by atoms with E-state index in [0.717, 1.165) is 21.9 Å². The molecule has 1 aromatic carbocycles. The molecule has 0 unspecified atom stereocenters. The first-order valence-corrected chi connectivity index (χ1v) is 9.00. The Kier molecular flexibility index (Phi) is 5.85. The Labute approximate surface area is 155 Å². The average Bonchev–Trinajstić information content (AvgIpc) is 3.17. The van der Waals surface area contributed by atoms with Gasteiger partial charge in [0.1, 0.15) is 11.4 Å². The summed E-state index contributed by atoms with van der Waals surface area (Å²) in [4.78, 5) is 16.3. The normalized spacial score (nSPS) is 10.5. The summed E-state index contributed by atoms with van der Waals surface area (Å²) in [5, 5.41) is 11.4. The molecular weight excluding hydrogens is 352 g/mol. The molecule has 2 aromatic heterocycles. The van der Waals surface area contributed by atoms with E-state index in [1.807, 2.05) is 36.4 Å². The third-order valence-electron chi connectivity index (χ3n) is 3.58. The van der Waals surface area contributed by atoms with Gasteiger partial charge < -0.3 is 9.47 Å². The second-order valence-corrected chi connectivity index (χ2v) is 6.22. The molecule has 0 saturated carbocycles. The number of carbonyl (C=O) groups is 1. The van der Waals surface area contributed by atoms with Crippen molar-refractivity contribution >= 4 is 17.7 Å². The van der Waals surface area contributed by atoms with Crippen LogP contribution in [0.3, 0.4) is 0 Å². The molecule has 0 aliphatic rings. The van der Waals surface area contributed by atoms with Crippen molar-refractivity contribution in [1.29, 1.82) is 0 Å². The van der Waals surface area contributed by atoms with Crippen molar-refractivity contribution in [3.05, 3.63) is 53.9 Å². The maximum Gasteiger partial charge on any atom is 0.361 e. The maximum atomic E-state index is 12.0. The van der Waals surface area contributed by atoms with Gasteiger partial charge in [0.25, 0.3) is 0 Å². The zero-order valence-electron chi connectivity index (χ0n) is 14.4. The Morgan fingerprint density at radius 2 is 2.12 bits per heavy atom. The topological polar surface area (TPSA) is 90.0 Å². The highest BCUT2D eigenvalue weighted by atomic mass is 32.2. The van der Waals surface area contributed by atoms with E-state index in [-0.39, 0.29) is 12.3 Å². The van der Waals surface area contributed by atoms with Gasteiger partial charge in [-0.05, 0) is 37.3 Å². The Hall–Kier alpha value is -2.87. The van der Waals surface area contributed by atoms with Crippen molar-refractivity contribution < 1.29 is 14.3 Å². The third kappa shape index (κ3) is 4.02. The first kappa shape index (κ1) is 17.9. The van der Waals surface area contributed by atoms with Crippen LogP contribution in [0.2, 0.25) is 0 Å². The van der Waals surface area contributed by atoms with Crippen molar-refractivity contribution in [1.82, 2.24) is 20.4 Å². The van der Waals surface area contributed by atoms with Gasteiger partial charge in [-0.3, -0.25) is 0 Å². The summed E-state index contributed by atoms with van der Waals surface area (Å²) in [6.45, 7) is 2.03. The molecule has 134 valence electrons. The van der Waals surface area contributed by atoms with Crippen molar-refractivity contribution in [2.45, 2.75) is 17.7 Å². The van der Waals surface area contributed by atoms with Gasteiger partial charge in [-0.1, -0.05) is 6.07 Å². The fourth-order valence-electron chi connectivity index (χ4n) is 2.40. The largest absolute Gasteiger partial charge is 0.496 e. The molecule has 0 radical (unpaired) electrons. The van der Waals surface area contributed by atoms with Gasteiger partial charge in [0, 0.05) is 23.1 Å². The van der Waals surface area contributed by atoms with Crippen LogP contribution in [-0.2, 0) is 10.5 Å². The number of aromatic nitrogens is 4. The standard InChI is InChI=1S/C18H18N4O3S/c1-3-25-18(23)17-16(20-22-21-17)12-7-8-14(24-2)13(10-12)11-26-15-6-4-5-9-19-15/h4-10H,3,11H2,1-2H3,(H,20,21,22). The van der Waals surface area contributed by atoms with E-state index in [4.69, 9.17) is 9.47 Å². The Balaban J connectivity index is 1.88. The summed E-state index contributed by atoms with van der Waals surface area (Å²) >= 11 is 1.60. The van der Waals surface area contributed by atoms with Crippen LogP contribution in [0, 0.1) is 0 Å². The number of methoxy groups -OCH3 is 1. The Morgan fingerprint density at radius 3 is 2.85 bits per heavy atom. The molecule has 0 aliphatic heterocycles. The summed E-state index contributed by atoms with van der Waals surface area (Å²) in [5.41, 5.74) is 2.35. The minimum absolute atomic E-state index is 0.167. The number of thioether (sulfide) groups is 1. The lowest BCUT2D eigenvalue weighted by Gasteiger charge is -2.10. The average molecular weight is 370 g/mol. The van der Waals surface area contributed by atoms with E-state index >= 15 is 0 Å². The predicted octanol–water partition coefficient (Wildman–Crippen LogP) is 3.34. The molecule has 2 heterocycles. The van der Waals surface area contributed by atoms with Crippen LogP contribution in [0.4, 0.5) is 0 Å². The molecule has 0 spiro atoms. The number of aromatic amines is 1. The van der Waals surface area contributed by atoms with E-state index in [9.17, 15) is 4.79 Å².